The van der Waals surface area contributed by atoms with Crippen molar-refractivity contribution in [1.29, 1.82) is 0 Å². The number of phenols is 1. The van der Waals surface area contributed by atoms with Gasteiger partial charge in [-0.05, 0) is 63.1 Å². The maximum absolute atomic E-state index is 11.0. The van der Waals surface area contributed by atoms with Crippen LogP contribution in [0.1, 0.15) is 69.9 Å². The molecule has 29 heavy (non-hydrogen) atoms. The standard InChI is InChI=1S/C25H38O4/c1-6-7-8-9-20-15-23(26)25(24(16-20)29-17-28-13-12-27-5)22-14-19(4)10-11-21(22)18(2)3/h14-16,21-22,26H,2,6-13,17H2,1,3-5H3. The van der Waals surface area contributed by atoms with Gasteiger partial charge in [-0.1, -0.05) is 43.6 Å². The first-order valence-electron chi connectivity index (χ1n) is 10.9. The quantitative estimate of drug-likeness (QED) is 0.259. The average molecular weight is 403 g/mol. The molecule has 1 aliphatic rings. The maximum atomic E-state index is 11.0. The summed E-state index contributed by atoms with van der Waals surface area (Å²) in [6.07, 6.45) is 8.79. The molecular weight excluding hydrogens is 364 g/mol. The van der Waals surface area contributed by atoms with Gasteiger partial charge in [0.25, 0.3) is 0 Å². The first kappa shape index (κ1) is 23.5. The fourth-order valence-electron chi connectivity index (χ4n) is 4.06. The van der Waals surface area contributed by atoms with E-state index in [2.05, 4.69) is 39.5 Å². The minimum atomic E-state index is 0.0694. The van der Waals surface area contributed by atoms with E-state index in [0.29, 0.717) is 24.9 Å². The molecule has 2 atom stereocenters. The number of unbranched alkanes of at least 4 members (excludes halogenated alkanes) is 2. The third-order valence-electron chi connectivity index (χ3n) is 5.69. The van der Waals surface area contributed by atoms with E-state index in [1.807, 2.05) is 6.07 Å². The number of ether oxygens (including phenoxy) is 3. The van der Waals surface area contributed by atoms with Crippen LogP contribution >= 0.6 is 0 Å². The van der Waals surface area contributed by atoms with E-state index in [9.17, 15) is 5.11 Å². The first-order valence-corrected chi connectivity index (χ1v) is 10.9. The van der Waals surface area contributed by atoms with Crippen LogP contribution in [0, 0.1) is 5.92 Å². The maximum Gasteiger partial charge on any atom is 0.189 e. The number of phenolic OH excluding ortho intramolecular Hbond substituents is 1. The molecule has 1 aliphatic carbocycles. The van der Waals surface area contributed by atoms with Gasteiger partial charge < -0.3 is 19.3 Å². The summed E-state index contributed by atoms with van der Waals surface area (Å²) in [5.41, 5.74) is 4.45. The summed E-state index contributed by atoms with van der Waals surface area (Å²) >= 11 is 0. The van der Waals surface area contributed by atoms with Crippen LogP contribution in [0.5, 0.6) is 11.5 Å². The van der Waals surface area contributed by atoms with E-state index in [-0.39, 0.29) is 12.7 Å². The summed E-state index contributed by atoms with van der Waals surface area (Å²) in [7, 11) is 1.65. The first-order chi connectivity index (χ1) is 14.0. The molecule has 0 fully saturated rings. The van der Waals surface area contributed by atoms with Crippen molar-refractivity contribution in [2.45, 2.75) is 65.2 Å². The van der Waals surface area contributed by atoms with Crippen LogP contribution in [-0.2, 0) is 15.9 Å². The van der Waals surface area contributed by atoms with Gasteiger partial charge >= 0.3 is 0 Å². The van der Waals surface area contributed by atoms with Gasteiger partial charge in [0.2, 0.25) is 0 Å². The lowest BCUT2D eigenvalue weighted by molar-refractivity contribution is -0.00913. The van der Waals surface area contributed by atoms with Gasteiger partial charge in [-0.2, -0.15) is 0 Å². The van der Waals surface area contributed by atoms with E-state index in [1.54, 1.807) is 7.11 Å². The Kier molecular flexibility index (Phi) is 9.75. The summed E-state index contributed by atoms with van der Waals surface area (Å²) in [5, 5.41) is 11.0. The zero-order chi connectivity index (χ0) is 21.2. The van der Waals surface area contributed by atoms with Crippen molar-refractivity contribution in [1.82, 2.24) is 0 Å². The normalized spacial score (nSPS) is 19.1. The van der Waals surface area contributed by atoms with Gasteiger partial charge in [0.05, 0.1) is 13.2 Å². The number of aromatic hydroxyl groups is 1. The Labute approximate surface area is 176 Å². The fourth-order valence-corrected chi connectivity index (χ4v) is 4.06. The zero-order valence-corrected chi connectivity index (χ0v) is 18.6. The Morgan fingerprint density at radius 3 is 2.72 bits per heavy atom. The molecule has 0 saturated carbocycles. The summed E-state index contributed by atoms with van der Waals surface area (Å²) in [6.45, 7) is 11.8. The molecule has 0 aliphatic heterocycles. The van der Waals surface area contributed by atoms with Crippen LogP contribution in [0.2, 0.25) is 0 Å². The van der Waals surface area contributed by atoms with E-state index < -0.39 is 0 Å². The average Bonchev–Trinajstić information content (AvgIpc) is 2.67. The summed E-state index contributed by atoms with van der Waals surface area (Å²) in [5.74, 6) is 1.40. The van der Waals surface area contributed by atoms with E-state index in [4.69, 9.17) is 14.2 Å². The number of hydrogen-bond acceptors (Lipinski definition) is 4. The summed E-state index contributed by atoms with van der Waals surface area (Å²) in [4.78, 5) is 0. The molecule has 0 radical (unpaired) electrons. The van der Waals surface area contributed by atoms with Crippen LogP contribution in [0.15, 0.2) is 35.9 Å². The number of methoxy groups -OCH3 is 1. The van der Waals surface area contributed by atoms with E-state index in [0.717, 1.165) is 48.1 Å². The fraction of sp³-hybridized carbons (Fsp3) is 0.600. The highest BCUT2D eigenvalue weighted by Crippen LogP contribution is 2.47. The smallest absolute Gasteiger partial charge is 0.189 e. The Bertz CT molecular complexity index is 692. The SMILES string of the molecule is C=C(C)C1CCC(C)=CC1c1c(O)cc(CCCCC)cc1OCOCCOC. The Balaban J connectivity index is 2.34. The number of aryl methyl sites for hydroxylation is 1. The monoisotopic (exact) mass is 402 g/mol. The van der Waals surface area contributed by atoms with Gasteiger partial charge in [-0.3, -0.25) is 0 Å². The van der Waals surface area contributed by atoms with Crippen LogP contribution in [0.4, 0.5) is 0 Å². The number of hydrogen-bond donors (Lipinski definition) is 1. The van der Waals surface area contributed by atoms with Crippen molar-refractivity contribution in [2.75, 3.05) is 27.1 Å². The van der Waals surface area contributed by atoms with Crippen LogP contribution in [0.25, 0.3) is 0 Å². The van der Waals surface area contributed by atoms with E-state index in [1.165, 1.54) is 18.4 Å². The molecule has 1 aromatic rings. The molecule has 0 aromatic heterocycles. The number of benzene rings is 1. The van der Waals surface area contributed by atoms with Crippen molar-refractivity contribution in [3.05, 3.63) is 47.1 Å². The largest absolute Gasteiger partial charge is 0.507 e. The van der Waals surface area contributed by atoms with Gasteiger partial charge in [-0.15, -0.1) is 0 Å². The molecule has 1 aromatic carbocycles. The molecule has 1 N–H and O–H groups in total. The van der Waals surface area contributed by atoms with Gasteiger partial charge in [0.1, 0.15) is 11.5 Å². The summed E-state index contributed by atoms with van der Waals surface area (Å²) in [6, 6.07) is 3.99. The second kappa shape index (κ2) is 12.0. The van der Waals surface area contributed by atoms with Crippen LogP contribution < -0.4 is 4.74 Å². The Hall–Kier alpha value is -1.78. The van der Waals surface area contributed by atoms with Gasteiger partial charge in [-0.25, -0.2) is 0 Å². The Morgan fingerprint density at radius 2 is 2.03 bits per heavy atom. The van der Waals surface area contributed by atoms with Crippen molar-refractivity contribution in [3.63, 3.8) is 0 Å². The highest BCUT2D eigenvalue weighted by atomic mass is 16.7. The van der Waals surface area contributed by atoms with E-state index >= 15 is 0 Å². The van der Waals surface area contributed by atoms with Crippen molar-refractivity contribution in [2.24, 2.45) is 5.92 Å². The third-order valence-corrected chi connectivity index (χ3v) is 5.69. The van der Waals surface area contributed by atoms with Crippen molar-refractivity contribution >= 4 is 0 Å². The molecule has 0 bridgehead atoms. The minimum absolute atomic E-state index is 0.0694. The van der Waals surface area contributed by atoms with Crippen LogP contribution in [-0.4, -0.2) is 32.2 Å². The lowest BCUT2D eigenvalue weighted by Crippen LogP contribution is -2.18. The molecular formula is C25H38O4. The lowest BCUT2D eigenvalue weighted by atomic mass is 9.73. The molecule has 162 valence electrons. The highest BCUT2D eigenvalue weighted by molar-refractivity contribution is 5.52. The Morgan fingerprint density at radius 1 is 1.24 bits per heavy atom. The topological polar surface area (TPSA) is 47.9 Å². The molecule has 4 heteroatoms. The van der Waals surface area contributed by atoms with Crippen molar-refractivity contribution < 1.29 is 19.3 Å². The third kappa shape index (κ3) is 6.90. The molecule has 2 unspecified atom stereocenters. The molecule has 0 spiro atoms. The second-order valence-corrected chi connectivity index (χ2v) is 8.18. The second-order valence-electron chi connectivity index (χ2n) is 8.18. The molecule has 0 amide bonds. The minimum Gasteiger partial charge on any atom is -0.507 e. The highest BCUT2D eigenvalue weighted by Gasteiger charge is 2.30. The van der Waals surface area contributed by atoms with Gasteiger partial charge in [0.15, 0.2) is 6.79 Å². The molecule has 4 nitrogen and oxygen atoms in total. The number of allylic oxidation sites excluding steroid dienone is 3. The molecule has 2 rings (SSSR count). The van der Waals surface area contributed by atoms with Gasteiger partial charge in [0, 0.05) is 18.6 Å². The zero-order valence-electron chi connectivity index (χ0n) is 18.6. The predicted molar refractivity (Wildman–Crippen MR) is 119 cm³/mol. The van der Waals surface area contributed by atoms with Crippen LogP contribution in [0.3, 0.4) is 0 Å². The lowest BCUT2D eigenvalue weighted by Gasteiger charge is -2.32. The summed E-state index contributed by atoms with van der Waals surface area (Å²) < 4.78 is 16.6. The predicted octanol–water partition coefficient (Wildman–Crippen LogP) is 6.14. The number of rotatable bonds is 12. The van der Waals surface area contributed by atoms with Crippen molar-refractivity contribution in [3.8, 4) is 11.5 Å². The molecule has 0 heterocycles. The molecule has 0 saturated heterocycles.